The number of hydrogen-bond donors (Lipinski definition) is 1. The third kappa shape index (κ3) is 3.43. The third-order valence-corrected chi connectivity index (χ3v) is 5.32. The van der Waals surface area contributed by atoms with Crippen molar-refractivity contribution in [2.24, 2.45) is 7.05 Å². The van der Waals surface area contributed by atoms with Crippen LogP contribution in [0.2, 0.25) is 0 Å². The van der Waals surface area contributed by atoms with Crippen LogP contribution >= 0.6 is 23.5 Å². The van der Waals surface area contributed by atoms with Gasteiger partial charge >= 0.3 is 0 Å². The van der Waals surface area contributed by atoms with Crippen molar-refractivity contribution in [2.75, 3.05) is 23.8 Å². The molecule has 1 aliphatic rings. The first-order valence-corrected chi connectivity index (χ1v) is 7.42. The molecule has 0 aliphatic carbocycles. The number of thioether (sulfide) groups is 2. The first kappa shape index (κ1) is 11.4. The standard InChI is InChI=1S/C10H17N3S2/c1-13-8-12-5-9(13)4-11-6-10-7-14-2-3-15-10/h5,8,10-11H,2-4,6-7H2,1H3. The third-order valence-electron chi connectivity index (χ3n) is 2.48. The van der Waals surface area contributed by atoms with Gasteiger partial charge < -0.3 is 9.88 Å². The fraction of sp³-hybridized carbons (Fsp3) is 0.700. The fourth-order valence-electron chi connectivity index (χ4n) is 1.57. The maximum absolute atomic E-state index is 4.10. The van der Waals surface area contributed by atoms with E-state index in [0.29, 0.717) is 0 Å². The molecule has 1 atom stereocenters. The normalized spacial score (nSPS) is 21.8. The molecular weight excluding hydrogens is 226 g/mol. The van der Waals surface area contributed by atoms with Crippen molar-refractivity contribution in [3.05, 3.63) is 18.2 Å². The molecule has 1 N–H and O–H groups in total. The molecule has 2 heterocycles. The molecule has 84 valence electrons. The van der Waals surface area contributed by atoms with Gasteiger partial charge in [0.05, 0.1) is 12.0 Å². The Kier molecular flexibility index (Phi) is 4.41. The van der Waals surface area contributed by atoms with Crippen molar-refractivity contribution >= 4 is 23.5 Å². The Labute approximate surface area is 99.4 Å². The monoisotopic (exact) mass is 243 g/mol. The fourth-order valence-corrected chi connectivity index (χ4v) is 4.22. The van der Waals surface area contributed by atoms with Crippen LogP contribution in [0, 0.1) is 0 Å². The number of rotatable bonds is 4. The molecule has 0 radical (unpaired) electrons. The first-order valence-electron chi connectivity index (χ1n) is 5.21. The Morgan fingerprint density at radius 3 is 3.20 bits per heavy atom. The van der Waals surface area contributed by atoms with Crippen LogP contribution in [0.3, 0.4) is 0 Å². The van der Waals surface area contributed by atoms with Gasteiger partial charge in [-0.3, -0.25) is 0 Å². The Balaban J connectivity index is 1.68. The Morgan fingerprint density at radius 1 is 1.60 bits per heavy atom. The van der Waals surface area contributed by atoms with E-state index in [0.717, 1.165) is 18.3 Å². The van der Waals surface area contributed by atoms with Crippen LogP contribution in [0.1, 0.15) is 5.69 Å². The van der Waals surface area contributed by atoms with Crippen LogP contribution < -0.4 is 5.32 Å². The predicted octanol–water partition coefficient (Wildman–Crippen LogP) is 1.36. The maximum Gasteiger partial charge on any atom is 0.0945 e. The zero-order valence-corrected chi connectivity index (χ0v) is 10.6. The van der Waals surface area contributed by atoms with E-state index in [-0.39, 0.29) is 0 Å². The van der Waals surface area contributed by atoms with Crippen LogP contribution in [-0.2, 0) is 13.6 Å². The molecule has 2 rings (SSSR count). The SMILES string of the molecule is Cn1cncc1CNCC1CSCCS1. The number of imidazole rings is 1. The predicted molar refractivity (Wildman–Crippen MR) is 68.5 cm³/mol. The molecule has 1 unspecified atom stereocenters. The summed E-state index contributed by atoms with van der Waals surface area (Å²) in [5.41, 5.74) is 1.25. The largest absolute Gasteiger partial charge is 0.337 e. The van der Waals surface area contributed by atoms with Crippen LogP contribution in [0.4, 0.5) is 0 Å². The van der Waals surface area contributed by atoms with Gasteiger partial charge in [0.1, 0.15) is 0 Å². The number of nitrogens with one attached hydrogen (secondary N) is 1. The van der Waals surface area contributed by atoms with E-state index in [1.165, 1.54) is 23.0 Å². The lowest BCUT2D eigenvalue weighted by atomic mass is 10.4. The molecule has 0 spiro atoms. The molecular formula is C10H17N3S2. The molecule has 3 nitrogen and oxygen atoms in total. The van der Waals surface area contributed by atoms with Gasteiger partial charge in [-0.1, -0.05) is 0 Å². The number of aryl methyl sites for hydroxylation is 1. The molecule has 1 aliphatic heterocycles. The topological polar surface area (TPSA) is 29.9 Å². The van der Waals surface area contributed by atoms with E-state index >= 15 is 0 Å². The Bertz CT molecular complexity index is 295. The molecule has 0 amide bonds. The lowest BCUT2D eigenvalue weighted by Crippen LogP contribution is -2.29. The quantitative estimate of drug-likeness (QED) is 0.865. The summed E-state index contributed by atoms with van der Waals surface area (Å²) in [7, 11) is 2.04. The minimum absolute atomic E-state index is 0.789. The highest BCUT2D eigenvalue weighted by Gasteiger charge is 2.13. The average molecular weight is 243 g/mol. The molecule has 1 saturated heterocycles. The average Bonchev–Trinajstić information content (AvgIpc) is 2.66. The van der Waals surface area contributed by atoms with Gasteiger partial charge in [-0.15, -0.1) is 0 Å². The first-order chi connectivity index (χ1) is 7.36. The number of hydrogen-bond acceptors (Lipinski definition) is 4. The summed E-state index contributed by atoms with van der Waals surface area (Å²) in [6, 6.07) is 0. The van der Waals surface area contributed by atoms with Gasteiger partial charge in [0, 0.05) is 48.8 Å². The van der Waals surface area contributed by atoms with Gasteiger partial charge in [0.25, 0.3) is 0 Å². The second-order valence-corrected chi connectivity index (χ2v) is 6.25. The van der Waals surface area contributed by atoms with E-state index in [1.54, 1.807) is 0 Å². The summed E-state index contributed by atoms with van der Waals surface area (Å²) in [6.45, 7) is 2.04. The van der Waals surface area contributed by atoms with Crippen LogP contribution in [-0.4, -0.2) is 38.6 Å². The van der Waals surface area contributed by atoms with Crippen molar-refractivity contribution in [1.29, 1.82) is 0 Å². The summed E-state index contributed by atoms with van der Waals surface area (Å²) in [5, 5.41) is 4.29. The maximum atomic E-state index is 4.10. The molecule has 0 bridgehead atoms. The van der Waals surface area contributed by atoms with Crippen molar-refractivity contribution in [3.63, 3.8) is 0 Å². The van der Waals surface area contributed by atoms with Gasteiger partial charge in [-0.2, -0.15) is 23.5 Å². The van der Waals surface area contributed by atoms with Crippen molar-refractivity contribution in [1.82, 2.24) is 14.9 Å². The lowest BCUT2D eigenvalue weighted by Gasteiger charge is -2.21. The highest BCUT2D eigenvalue weighted by molar-refractivity contribution is 8.06. The smallest absolute Gasteiger partial charge is 0.0945 e. The second-order valence-electron chi connectivity index (χ2n) is 3.69. The van der Waals surface area contributed by atoms with Crippen molar-refractivity contribution in [3.8, 4) is 0 Å². The zero-order valence-electron chi connectivity index (χ0n) is 8.98. The number of aromatic nitrogens is 2. The molecule has 0 saturated carbocycles. The van der Waals surface area contributed by atoms with Gasteiger partial charge in [-0.25, -0.2) is 4.98 Å². The molecule has 0 aromatic carbocycles. The summed E-state index contributed by atoms with van der Waals surface area (Å²) in [6.07, 6.45) is 3.78. The Morgan fingerprint density at radius 2 is 2.53 bits per heavy atom. The molecule has 5 heteroatoms. The summed E-state index contributed by atoms with van der Waals surface area (Å²) in [4.78, 5) is 4.10. The van der Waals surface area contributed by atoms with Crippen LogP contribution in [0.5, 0.6) is 0 Å². The molecule has 15 heavy (non-hydrogen) atoms. The van der Waals surface area contributed by atoms with E-state index in [9.17, 15) is 0 Å². The minimum atomic E-state index is 0.789. The molecule has 1 fully saturated rings. The van der Waals surface area contributed by atoms with Crippen molar-refractivity contribution in [2.45, 2.75) is 11.8 Å². The highest BCUT2D eigenvalue weighted by atomic mass is 32.2. The lowest BCUT2D eigenvalue weighted by molar-refractivity contribution is 0.652. The van der Waals surface area contributed by atoms with Gasteiger partial charge in [-0.05, 0) is 0 Å². The van der Waals surface area contributed by atoms with Crippen LogP contribution in [0.15, 0.2) is 12.5 Å². The minimum Gasteiger partial charge on any atom is -0.337 e. The van der Waals surface area contributed by atoms with E-state index in [2.05, 4.69) is 38.4 Å². The van der Waals surface area contributed by atoms with Gasteiger partial charge in [0.2, 0.25) is 0 Å². The highest BCUT2D eigenvalue weighted by Crippen LogP contribution is 2.23. The van der Waals surface area contributed by atoms with E-state index < -0.39 is 0 Å². The van der Waals surface area contributed by atoms with Gasteiger partial charge in [0.15, 0.2) is 0 Å². The van der Waals surface area contributed by atoms with Crippen molar-refractivity contribution < 1.29 is 0 Å². The van der Waals surface area contributed by atoms with E-state index in [4.69, 9.17) is 0 Å². The molecule has 1 aromatic heterocycles. The molecule has 1 aromatic rings. The van der Waals surface area contributed by atoms with Crippen LogP contribution in [0.25, 0.3) is 0 Å². The summed E-state index contributed by atoms with van der Waals surface area (Å²) in [5.74, 6) is 3.93. The Hall–Kier alpha value is -0.130. The summed E-state index contributed by atoms with van der Waals surface area (Å²) < 4.78 is 2.07. The zero-order chi connectivity index (χ0) is 10.5. The van der Waals surface area contributed by atoms with E-state index in [1.807, 2.05) is 19.6 Å². The summed E-state index contributed by atoms with van der Waals surface area (Å²) >= 11 is 4.17. The second kappa shape index (κ2) is 5.82. The number of nitrogens with zero attached hydrogens (tertiary/aromatic N) is 2.